The maximum atomic E-state index is 12.4. The fourth-order valence-electron chi connectivity index (χ4n) is 7.52. The van der Waals surface area contributed by atoms with Crippen LogP contribution in [0.25, 0.3) is 0 Å². The van der Waals surface area contributed by atoms with Crippen molar-refractivity contribution >= 4 is 29.8 Å². The topological polar surface area (TPSA) is 152 Å². The molecule has 2 fully saturated rings. The minimum absolute atomic E-state index is 0.302. The van der Waals surface area contributed by atoms with Crippen LogP contribution in [0.2, 0.25) is 0 Å². The number of ether oxygens (including phenoxy) is 5. The molecule has 3 aliphatic carbocycles. The van der Waals surface area contributed by atoms with Gasteiger partial charge in [-0.3, -0.25) is 24.0 Å². The fourth-order valence-corrected chi connectivity index (χ4v) is 7.52. The maximum absolute atomic E-state index is 12.4. The third-order valence-electron chi connectivity index (χ3n) is 9.03. The second kappa shape index (κ2) is 11.7. The second-order valence-electron chi connectivity index (χ2n) is 12.6. The molecule has 11 heteroatoms. The fraction of sp³-hybridized carbons (Fsp3) is 0.767. The number of carbonyl (C=O) groups is 5. The van der Waals surface area contributed by atoms with Crippen molar-refractivity contribution in [2.75, 3.05) is 0 Å². The van der Waals surface area contributed by atoms with Gasteiger partial charge < -0.3 is 28.8 Å². The van der Waals surface area contributed by atoms with Gasteiger partial charge in [0.25, 0.3) is 0 Å². The van der Waals surface area contributed by atoms with Gasteiger partial charge in [0.05, 0.1) is 0 Å². The molecule has 2 saturated carbocycles. The van der Waals surface area contributed by atoms with Crippen molar-refractivity contribution in [1.82, 2.24) is 0 Å². The number of fused-ring (bicyclic) bond motifs is 2. The molecular weight excluding hydrogens is 536 g/mol. The summed E-state index contributed by atoms with van der Waals surface area (Å²) in [5, 5.41) is 12.4. The molecule has 230 valence electrons. The average molecular weight is 581 g/mol. The van der Waals surface area contributed by atoms with Crippen LogP contribution in [-0.4, -0.2) is 71.1 Å². The van der Waals surface area contributed by atoms with Crippen molar-refractivity contribution in [3.63, 3.8) is 0 Å². The maximum Gasteiger partial charge on any atom is 0.303 e. The predicted octanol–water partition coefficient (Wildman–Crippen LogP) is 2.90. The molecule has 0 heterocycles. The molecule has 0 saturated heterocycles. The number of carbonyl (C=O) groups excluding carboxylic acids is 5. The van der Waals surface area contributed by atoms with Gasteiger partial charge in [-0.15, -0.1) is 0 Å². The van der Waals surface area contributed by atoms with Crippen molar-refractivity contribution in [3.05, 3.63) is 11.6 Å². The summed E-state index contributed by atoms with van der Waals surface area (Å²) in [5.41, 5.74) is -2.06. The van der Waals surface area contributed by atoms with Crippen LogP contribution in [0, 0.1) is 35.0 Å². The van der Waals surface area contributed by atoms with Crippen LogP contribution in [0.4, 0.5) is 0 Å². The van der Waals surface area contributed by atoms with Gasteiger partial charge in [-0.05, 0) is 36.3 Å². The van der Waals surface area contributed by atoms with Crippen LogP contribution >= 0.6 is 0 Å². The Morgan fingerprint density at radius 3 is 1.66 bits per heavy atom. The van der Waals surface area contributed by atoms with Gasteiger partial charge in [0.2, 0.25) is 0 Å². The van der Waals surface area contributed by atoms with E-state index in [-0.39, 0.29) is 11.8 Å². The summed E-state index contributed by atoms with van der Waals surface area (Å²) < 4.78 is 29.0. The molecule has 3 rings (SSSR count). The molecule has 0 amide bonds. The van der Waals surface area contributed by atoms with E-state index in [1.807, 2.05) is 20.8 Å². The number of rotatable bonds is 5. The lowest BCUT2D eigenvalue weighted by atomic mass is 9.76. The van der Waals surface area contributed by atoms with E-state index in [9.17, 15) is 29.1 Å². The van der Waals surface area contributed by atoms with E-state index in [1.165, 1.54) is 40.7 Å². The van der Waals surface area contributed by atoms with Gasteiger partial charge in [-0.1, -0.05) is 27.7 Å². The molecule has 0 aromatic rings. The molecule has 11 atom stereocenters. The van der Waals surface area contributed by atoms with E-state index >= 15 is 0 Å². The van der Waals surface area contributed by atoms with Gasteiger partial charge in [0, 0.05) is 58.3 Å². The lowest BCUT2D eigenvalue weighted by Crippen LogP contribution is -2.53. The van der Waals surface area contributed by atoms with Gasteiger partial charge in [0.15, 0.2) is 6.10 Å². The van der Waals surface area contributed by atoms with Gasteiger partial charge in [-0.25, -0.2) is 0 Å². The average Bonchev–Trinajstić information content (AvgIpc) is 3.30. The Balaban J connectivity index is 2.36. The van der Waals surface area contributed by atoms with Crippen LogP contribution < -0.4 is 0 Å². The lowest BCUT2D eigenvalue weighted by Gasteiger charge is -2.40. The zero-order chi connectivity index (χ0) is 31.2. The van der Waals surface area contributed by atoms with Crippen LogP contribution in [-0.2, 0) is 47.7 Å². The van der Waals surface area contributed by atoms with E-state index in [0.717, 1.165) is 0 Å². The predicted molar refractivity (Wildman–Crippen MR) is 144 cm³/mol. The molecule has 0 aliphatic heterocycles. The van der Waals surface area contributed by atoms with Crippen molar-refractivity contribution in [1.29, 1.82) is 0 Å². The quantitative estimate of drug-likeness (QED) is 0.290. The zero-order valence-electron chi connectivity index (χ0n) is 25.6. The third kappa shape index (κ3) is 6.44. The van der Waals surface area contributed by atoms with Gasteiger partial charge in [-0.2, -0.15) is 0 Å². The second-order valence-corrected chi connectivity index (χ2v) is 12.6. The number of esters is 5. The van der Waals surface area contributed by atoms with Crippen molar-refractivity contribution in [3.8, 4) is 0 Å². The minimum Gasteiger partial charge on any atom is -0.462 e. The van der Waals surface area contributed by atoms with Crippen molar-refractivity contribution < 1.29 is 52.8 Å². The summed E-state index contributed by atoms with van der Waals surface area (Å²) in [6.07, 6.45) is -3.12. The Kier molecular flexibility index (Phi) is 9.32. The molecule has 11 nitrogen and oxygen atoms in total. The Morgan fingerprint density at radius 1 is 0.732 bits per heavy atom. The highest BCUT2D eigenvalue weighted by Gasteiger charge is 2.70. The molecule has 0 spiro atoms. The molecular formula is C30H44O11. The molecule has 0 bridgehead atoms. The Bertz CT molecular complexity index is 1110. The van der Waals surface area contributed by atoms with Crippen molar-refractivity contribution in [2.24, 2.45) is 35.0 Å². The molecule has 1 N–H and O–H groups in total. The number of hydrogen-bond acceptors (Lipinski definition) is 11. The van der Waals surface area contributed by atoms with E-state index in [4.69, 9.17) is 23.7 Å². The minimum atomic E-state index is -1.88. The summed E-state index contributed by atoms with van der Waals surface area (Å²) >= 11 is 0. The summed E-state index contributed by atoms with van der Waals surface area (Å²) in [5.74, 6) is -5.59. The molecule has 41 heavy (non-hydrogen) atoms. The van der Waals surface area contributed by atoms with Gasteiger partial charge >= 0.3 is 29.8 Å². The van der Waals surface area contributed by atoms with Crippen LogP contribution in [0.15, 0.2) is 11.6 Å². The standard InChI is InChI=1S/C30H44O11/c1-13-11-21-25(38-17(5)32)15(3)26(39-18(6)33)22-23(29(22,9)10)27(40-19(7)34)24(37-16(4)31)14(2)12-30(21,36)28(13)41-20(8)35/h12-13,15,21-28,36H,11H2,1-10H3/b14-12+. The smallest absolute Gasteiger partial charge is 0.303 e. The molecule has 3 aliphatic rings. The van der Waals surface area contributed by atoms with E-state index in [0.29, 0.717) is 12.0 Å². The molecule has 0 radical (unpaired) electrons. The summed E-state index contributed by atoms with van der Waals surface area (Å²) in [7, 11) is 0. The Labute approximate surface area is 241 Å². The van der Waals surface area contributed by atoms with Crippen molar-refractivity contribution in [2.45, 2.75) is 112 Å². The monoisotopic (exact) mass is 580 g/mol. The Morgan fingerprint density at radius 2 is 1.17 bits per heavy atom. The van der Waals surface area contributed by atoms with Gasteiger partial charge in [0.1, 0.15) is 30.0 Å². The molecule has 0 aromatic carbocycles. The largest absolute Gasteiger partial charge is 0.462 e. The first-order valence-electron chi connectivity index (χ1n) is 14.1. The zero-order valence-corrected chi connectivity index (χ0v) is 25.6. The highest BCUT2D eigenvalue weighted by molar-refractivity contribution is 5.69. The molecule has 0 aromatic heterocycles. The highest BCUT2D eigenvalue weighted by Crippen LogP contribution is 2.65. The normalized spacial score (nSPS) is 40.7. The Hall–Kier alpha value is -2.95. The summed E-state index contributed by atoms with van der Waals surface area (Å²) in [6, 6.07) is 0. The van der Waals surface area contributed by atoms with E-state index < -0.39 is 89.1 Å². The van der Waals surface area contributed by atoms with Crippen LogP contribution in [0.5, 0.6) is 0 Å². The van der Waals surface area contributed by atoms with Crippen LogP contribution in [0.1, 0.15) is 75.7 Å². The summed E-state index contributed by atoms with van der Waals surface area (Å²) in [6.45, 7) is 15.4. The van der Waals surface area contributed by atoms with Crippen LogP contribution in [0.3, 0.4) is 0 Å². The first-order chi connectivity index (χ1) is 18.8. The van der Waals surface area contributed by atoms with E-state index in [2.05, 4.69) is 0 Å². The SMILES string of the molecule is CC(=O)OC1/C(C)=C/C2(O)C(CC(C)C2OC(C)=O)C(OC(C)=O)C(C)C(OC(C)=O)C2C(C1OC(C)=O)C2(C)C. The number of hydrogen-bond donors (Lipinski definition) is 1. The summed E-state index contributed by atoms with van der Waals surface area (Å²) in [4.78, 5) is 61.7. The first kappa shape index (κ1) is 32.6. The third-order valence-corrected chi connectivity index (χ3v) is 9.03. The number of aliphatic hydroxyl groups is 1. The lowest BCUT2D eigenvalue weighted by molar-refractivity contribution is -0.178. The highest BCUT2D eigenvalue weighted by atomic mass is 16.6. The molecule has 11 unspecified atom stereocenters. The first-order valence-corrected chi connectivity index (χ1v) is 14.1. The van der Waals surface area contributed by atoms with E-state index in [1.54, 1.807) is 13.8 Å².